The Hall–Kier alpha value is -2.17. The third-order valence-electron chi connectivity index (χ3n) is 3.12. The first-order valence-electron chi connectivity index (χ1n) is 6.00. The van der Waals surface area contributed by atoms with Gasteiger partial charge in [0.25, 0.3) is 5.56 Å². The average Bonchev–Trinajstić information content (AvgIpc) is 2.45. The van der Waals surface area contributed by atoms with Crippen molar-refractivity contribution in [3.05, 3.63) is 28.6 Å². The molecule has 1 aromatic heterocycles. The molecule has 0 atom stereocenters. The fourth-order valence-electron chi connectivity index (χ4n) is 2.24. The highest BCUT2D eigenvalue weighted by Gasteiger charge is 2.17. The summed E-state index contributed by atoms with van der Waals surface area (Å²) >= 11 is 0. The van der Waals surface area contributed by atoms with Gasteiger partial charge in [0.05, 0.1) is 26.7 Å². The number of aryl methyl sites for hydroxylation is 1. The topological polar surface area (TPSA) is 49.7 Å². The number of aromatic nitrogens is 1. The van der Waals surface area contributed by atoms with Crippen molar-refractivity contribution in [2.45, 2.75) is 13.5 Å². The number of pyridine rings is 1. The van der Waals surface area contributed by atoms with E-state index in [9.17, 15) is 4.79 Å². The van der Waals surface area contributed by atoms with Crippen molar-refractivity contribution in [2.24, 2.45) is 0 Å². The Kier molecular flexibility index (Phi) is 3.64. The number of fused-ring (bicyclic) bond motifs is 1. The van der Waals surface area contributed by atoms with E-state index in [0.717, 1.165) is 5.39 Å². The van der Waals surface area contributed by atoms with Gasteiger partial charge in [-0.2, -0.15) is 0 Å². The van der Waals surface area contributed by atoms with Crippen molar-refractivity contribution in [1.82, 2.24) is 4.57 Å². The summed E-state index contributed by atoms with van der Waals surface area (Å²) in [5.41, 5.74) is 0.562. The van der Waals surface area contributed by atoms with Crippen LogP contribution in [0.4, 0.5) is 0 Å². The molecule has 0 aliphatic rings. The minimum Gasteiger partial charge on any atom is -0.496 e. The monoisotopic (exact) mass is 263 g/mol. The predicted octanol–water partition coefficient (Wildman–Crippen LogP) is 2.05. The number of hydrogen-bond acceptors (Lipinski definition) is 4. The first kappa shape index (κ1) is 13.3. The van der Waals surface area contributed by atoms with Crippen LogP contribution in [0.3, 0.4) is 0 Å². The average molecular weight is 263 g/mol. The molecule has 102 valence electrons. The van der Waals surface area contributed by atoms with E-state index in [-0.39, 0.29) is 5.56 Å². The SMILES string of the molecule is CCn1c(=O)cc(OC)c2c(OC)ccc(OC)c21. The Morgan fingerprint density at radius 1 is 1.00 bits per heavy atom. The Morgan fingerprint density at radius 2 is 1.58 bits per heavy atom. The third-order valence-corrected chi connectivity index (χ3v) is 3.12. The molecule has 0 fully saturated rings. The molecule has 0 saturated heterocycles. The molecule has 0 bridgehead atoms. The highest BCUT2D eigenvalue weighted by Crippen LogP contribution is 2.37. The molecule has 0 unspecified atom stereocenters. The normalized spacial score (nSPS) is 10.5. The third kappa shape index (κ3) is 2.01. The number of ether oxygens (including phenoxy) is 3. The van der Waals surface area contributed by atoms with Crippen LogP contribution in [-0.2, 0) is 6.54 Å². The molecule has 2 aromatic rings. The van der Waals surface area contributed by atoms with E-state index in [1.54, 1.807) is 30.9 Å². The van der Waals surface area contributed by atoms with Gasteiger partial charge < -0.3 is 18.8 Å². The molecule has 2 rings (SSSR count). The fraction of sp³-hybridized carbons (Fsp3) is 0.357. The van der Waals surface area contributed by atoms with Crippen LogP contribution < -0.4 is 19.8 Å². The van der Waals surface area contributed by atoms with Gasteiger partial charge in [0.15, 0.2) is 0 Å². The number of benzene rings is 1. The Bertz CT molecular complexity index is 661. The molecule has 19 heavy (non-hydrogen) atoms. The van der Waals surface area contributed by atoms with Crippen molar-refractivity contribution >= 4 is 10.9 Å². The molecular weight excluding hydrogens is 246 g/mol. The molecule has 0 radical (unpaired) electrons. The first-order chi connectivity index (χ1) is 9.17. The molecule has 0 spiro atoms. The lowest BCUT2D eigenvalue weighted by atomic mass is 10.1. The molecule has 0 amide bonds. The van der Waals surface area contributed by atoms with Crippen LogP contribution in [0.2, 0.25) is 0 Å². The second-order valence-electron chi connectivity index (χ2n) is 3.99. The quantitative estimate of drug-likeness (QED) is 0.847. The van der Waals surface area contributed by atoms with Crippen LogP contribution in [0, 0.1) is 0 Å². The smallest absolute Gasteiger partial charge is 0.254 e. The van der Waals surface area contributed by atoms with Crippen LogP contribution in [0.1, 0.15) is 6.92 Å². The summed E-state index contributed by atoms with van der Waals surface area (Å²) in [7, 11) is 4.69. The van der Waals surface area contributed by atoms with Crippen molar-refractivity contribution in [2.75, 3.05) is 21.3 Å². The van der Waals surface area contributed by atoms with Gasteiger partial charge in [-0.05, 0) is 19.1 Å². The Balaban J connectivity index is 3.04. The van der Waals surface area contributed by atoms with Crippen LogP contribution in [0.25, 0.3) is 10.9 Å². The number of rotatable bonds is 4. The zero-order chi connectivity index (χ0) is 14.0. The summed E-state index contributed by atoms with van der Waals surface area (Å²) in [5.74, 6) is 1.75. The Labute approximate surface area is 111 Å². The van der Waals surface area contributed by atoms with Gasteiger partial charge in [-0.25, -0.2) is 0 Å². The molecule has 5 heteroatoms. The van der Waals surface area contributed by atoms with E-state index >= 15 is 0 Å². The predicted molar refractivity (Wildman–Crippen MR) is 73.5 cm³/mol. The lowest BCUT2D eigenvalue weighted by Crippen LogP contribution is -2.19. The minimum absolute atomic E-state index is 0.126. The highest BCUT2D eigenvalue weighted by atomic mass is 16.5. The van der Waals surface area contributed by atoms with E-state index in [1.165, 1.54) is 13.2 Å². The van der Waals surface area contributed by atoms with Crippen LogP contribution in [0.15, 0.2) is 23.0 Å². The first-order valence-corrected chi connectivity index (χ1v) is 6.00. The Morgan fingerprint density at radius 3 is 2.11 bits per heavy atom. The van der Waals surface area contributed by atoms with Gasteiger partial charge in [-0.3, -0.25) is 4.79 Å². The lowest BCUT2D eigenvalue weighted by molar-refractivity contribution is 0.397. The highest BCUT2D eigenvalue weighted by molar-refractivity contribution is 5.95. The maximum Gasteiger partial charge on any atom is 0.254 e. The largest absolute Gasteiger partial charge is 0.496 e. The van der Waals surface area contributed by atoms with Gasteiger partial charge in [-0.15, -0.1) is 0 Å². The molecule has 1 aromatic carbocycles. The molecular formula is C14H17NO4. The molecule has 0 N–H and O–H groups in total. The van der Waals surface area contributed by atoms with Gasteiger partial charge in [0.2, 0.25) is 0 Å². The van der Waals surface area contributed by atoms with E-state index in [4.69, 9.17) is 14.2 Å². The zero-order valence-corrected chi connectivity index (χ0v) is 11.5. The molecule has 0 aliphatic heterocycles. The number of hydrogen-bond donors (Lipinski definition) is 0. The maximum absolute atomic E-state index is 12.1. The van der Waals surface area contributed by atoms with E-state index in [2.05, 4.69) is 0 Å². The van der Waals surface area contributed by atoms with Gasteiger partial charge in [-0.1, -0.05) is 0 Å². The summed E-state index contributed by atoms with van der Waals surface area (Å²) in [6, 6.07) is 5.05. The van der Waals surface area contributed by atoms with Crippen molar-refractivity contribution < 1.29 is 14.2 Å². The van der Waals surface area contributed by atoms with E-state index < -0.39 is 0 Å². The standard InChI is InChI=1S/C14H17NO4/c1-5-15-12(16)8-11(19-4)13-9(17-2)6-7-10(18-3)14(13)15/h6-8H,5H2,1-4H3. The summed E-state index contributed by atoms with van der Waals surface area (Å²) in [5, 5.41) is 0.741. The molecule has 5 nitrogen and oxygen atoms in total. The van der Waals surface area contributed by atoms with Crippen LogP contribution in [0.5, 0.6) is 17.2 Å². The van der Waals surface area contributed by atoms with E-state index in [0.29, 0.717) is 29.3 Å². The van der Waals surface area contributed by atoms with Crippen molar-refractivity contribution in [3.63, 3.8) is 0 Å². The van der Waals surface area contributed by atoms with Crippen LogP contribution >= 0.6 is 0 Å². The van der Waals surface area contributed by atoms with Crippen molar-refractivity contribution in [3.8, 4) is 17.2 Å². The summed E-state index contributed by atoms with van der Waals surface area (Å²) in [6.07, 6.45) is 0. The zero-order valence-electron chi connectivity index (χ0n) is 11.5. The van der Waals surface area contributed by atoms with Gasteiger partial charge in [0, 0.05) is 12.6 Å². The molecule has 0 saturated carbocycles. The second-order valence-corrected chi connectivity index (χ2v) is 3.99. The lowest BCUT2D eigenvalue weighted by Gasteiger charge is -2.16. The fourth-order valence-corrected chi connectivity index (χ4v) is 2.24. The van der Waals surface area contributed by atoms with E-state index in [1.807, 2.05) is 6.92 Å². The van der Waals surface area contributed by atoms with Gasteiger partial charge >= 0.3 is 0 Å². The maximum atomic E-state index is 12.1. The molecule has 1 heterocycles. The van der Waals surface area contributed by atoms with Gasteiger partial charge in [0.1, 0.15) is 22.8 Å². The molecule has 0 aliphatic carbocycles. The summed E-state index contributed by atoms with van der Waals surface area (Å²) < 4.78 is 17.7. The number of methoxy groups -OCH3 is 3. The second kappa shape index (κ2) is 5.22. The minimum atomic E-state index is -0.126. The summed E-state index contributed by atoms with van der Waals surface area (Å²) in [6.45, 7) is 2.45. The van der Waals surface area contributed by atoms with Crippen LogP contribution in [-0.4, -0.2) is 25.9 Å². The number of nitrogens with zero attached hydrogens (tertiary/aromatic N) is 1. The van der Waals surface area contributed by atoms with Crippen molar-refractivity contribution in [1.29, 1.82) is 0 Å². The summed E-state index contributed by atoms with van der Waals surface area (Å²) in [4.78, 5) is 12.1.